The van der Waals surface area contributed by atoms with Crippen LogP contribution in [0.25, 0.3) is 0 Å². The number of hydrogen-bond donors (Lipinski definition) is 0. The first-order valence-electron chi connectivity index (χ1n) is 6.07. The summed E-state index contributed by atoms with van der Waals surface area (Å²) in [4.78, 5) is 0. The molecule has 1 radical (unpaired) electrons. The average molecular weight is 261 g/mol. The Balaban J connectivity index is 2.04. The van der Waals surface area contributed by atoms with Gasteiger partial charge in [-0.25, -0.2) is 0 Å². The molecule has 0 unspecified atom stereocenters. The summed E-state index contributed by atoms with van der Waals surface area (Å²) in [6, 6.07) is 0. The summed E-state index contributed by atoms with van der Waals surface area (Å²) in [7, 11) is 5.09. The van der Waals surface area contributed by atoms with Crippen molar-refractivity contribution in [1.29, 1.82) is 0 Å². The van der Waals surface area contributed by atoms with E-state index in [0.29, 0.717) is 0 Å². The molecule has 6 nitrogen and oxygen atoms in total. The van der Waals surface area contributed by atoms with Gasteiger partial charge in [-0.2, -0.15) is 10.2 Å². The lowest BCUT2D eigenvalue weighted by atomic mass is 10.3. The molecule has 101 valence electrons. The summed E-state index contributed by atoms with van der Waals surface area (Å²) >= 11 is 0. The van der Waals surface area contributed by atoms with Crippen LogP contribution in [0.3, 0.4) is 0 Å². The number of rotatable bonds is 4. The highest BCUT2D eigenvalue weighted by atomic mass is 16.6. The Bertz CT molecular complexity index is 551. The van der Waals surface area contributed by atoms with Gasteiger partial charge < -0.3 is 9.31 Å². The molecule has 0 aliphatic carbocycles. The van der Waals surface area contributed by atoms with Crippen molar-refractivity contribution in [2.75, 3.05) is 0 Å². The summed E-state index contributed by atoms with van der Waals surface area (Å²) < 4.78 is 14.6. The Morgan fingerprint density at radius 3 is 1.42 bits per heavy atom. The van der Waals surface area contributed by atoms with Gasteiger partial charge in [0.05, 0.1) is 22.8 Å². The molecule has 7 heteroatoms. The maximum absolute atomic E-state index is 5.54. The molecule has 0 spiro atoms. The van der Waals surface area contributed by atoms with Crippen molar-refractivity contribution >= 4 is 7.69 Å². The second kappa shape index (κ2) is 4.99. The van der Waals surface area contributed by atoms with Crippen LogP contribution in [0.2, 0.25) is 0 Å². The van der Waals surface area contributed by atoms with Crippen LogP contribution in [0, 0.1) is 27.7 Å². The van der Waals surface area contributed by atoms with Crippen LogP contribution in [0.1, 0.15) is 22.8 Å². The Labute approximate surface area is 113 Å². The van der Waals surface area contributed by atoms with Crippen LogP contribution in [0.5, 0.6) is 11.5 Å². The molecule has 0 amide bonds. The lowest BCUT2D eigenvalue weighted by molar-refractivity contribution is 0.450. The maximum atomic E-state index is 5.54. The second-order valence-electron chi connectivity index (χ2n) is 4.58. The first-order valence-corrected chi connectivity index (χ1v) is 6.07. The summed E-state index contributed by atoms with van der Waals surface area (Å²) in [5, 5.41) is 8.55. The summed E-state index contributed by atoms with van der Waals surface area (Å²) in [6.07, 6.45) is 0. The molecule has 19 heavy (non-hydrogen) atoms. The third-order valence-corrected chi connectivity index (χ3v) is 3.22. The van der Waals surface area contributed by atoms with Gasteiger partial charge in [0.1, 0.15) is 11.5 Å². The second-order valence-corrected chi connectivity index (χ2v) is 4.58. The first kappa shape index (κ1) is 13.5. The average Bonchev–Trinajstić information content (AvgIpc) is 2.72. The predicted molar refractivity (Wildman–Crippen MR) is 72.4 cm³/mol. The van der Waals surface area contributed by atoms with Crippen molar-refractivity contribution < 1.29 is 9.31 Å². The zero-order chi connectivity index (χ0) is 14.2. The van der Waals surface area contributed by atoms with Gasteiger partial charge in [0, 0.05) is 14.1 Å². The number of hydrogen-bond acceptors (Lipinski definition) is 4. The number of aromatic nitrogens is 4. The van der Waals surface area contributed by atoms with E-state index in [4.69, 9.17) is 9.31 Å². The molecule has 0 aliphatic heterocycles. The Kier molecular flexibility index (Phi) is 3.55. The van der Waals surface area contributed by atoms with E-state index in [2.05, 4.69) is 10.2 Å². The van der Waals surface area contributed by atoms with Gasteiger partial charge in [-0.05, 0) is 27.7 Å². The van der Waals surface area contributed by atoms with Crippen molar-refractivity contribution in [2.45, 2.75) is 27.7 Å². The van der Waals surface area contributed by atoms with E-state index in [1.807, 2.05) is 41.8 Å². The largest absolute Gasteiger partial charge is 0.658 e. The van der Waals surface area contributed by atoms with Gasteiger partial charge >= 0.3 is 7.69 Å². The number of nitrogens with zero attached hydrogens (tertiary/aromatic N) is 4. The van der Waals surface area contributed by atoms with E-state index in [1.54, 1.807) is 9.36 Å². The Morgan fingerprint density at radius 1 is 0.789 bits per heavy atom. The van der Waals surface area contributed by atoms with Gasteiger partial charge in [0.2, 0.25) is 0 Å². The molecule has 0 bridgehead atoms. The molecule has 0 atom stereocenters. The molecule has 0 aromatic carbocycles. The summed E-state index contributed by atoms with van der Waals surface area (Å²) in [6.45, 7) is 7.70. The SMILES string of the molecule is Cc1nn(C)c(C)c1O[B]Oc1c(C)nn(C)c1C. The predicted octanol–water partition coefficient (Wildman–Crippen LogP) is 1.38. The molecule has 2 heterocycles. The Hall–Kier alpha value is -1.92. The van der Waals surface area contributed by atoms with E-state index >= 15 is 0 Å². The van der Waals surface area contributed by atoms with Gasteiger partial charge in [0.25, 0.3) is 0 Å². The van der Waals surface area contributed by atoms with Crippen LogP contribution in [0.4, 0.5) is 0 Å². The first-order chi connectivity index (χ1) is 8.91. The van der Waals surface area contributed by atoms with Crippen LogP contribution in [-0.2, 0) is 14.1 Å². The Morgan fingerprint density at radius 2 is 1.16 bits per heavy atom. The van der Waals surface area contributed by atoms with Crippen molar-refractivity contribution in [3.63, 3.8) is 0 Å². The normalized spacial score (nSPS) is 10.6. The van der Waals surface area contributed by atoms with E-state index < -0.39 is 0 Å². The van der Waals surface area contributed by atoms with Crippen molar-refractivity contribution in [2.24, 2.45) is 14.1 Å². The molecule has 2 rings (SSSR count). The minimum atomic E-state index is 0.724. The minimum absolute atomic E-state index is 0.724. The molecule has 0 saturated heterocycles. The quantitative estimate of drug-likeness (QED) is 0.780. The van der Waals surface area contributed by atoms with E-state index in [9.17, 15) is 0 Å². The van der Waals surface area contributed by atoms with E-state index in [0.717, 1.165) is 34.3 Å². The smallest absolute Gasteiger partial charge is 0.524 e. The van der Waals surface area contributed by atoms with Crippen molar-refractivity contribution in [3.05, 3.63) is 22.8 Å². The summed E-state index contributed by atoms with van der Waals surface area (Å²) in [5.41, 5.74) is 3.58. The van der Waals surface area contributed by atoms with E-state index in [1.165, 1.54) is 7.69 Å². The van der Waals surface area contributed by atoms with Crippen LogP contribution < -0.4 is 9.31 Å². The van der Waals surface area contributed by atoms with Crippen LogP contribution in [-0.4, -0.2) is 27.2 Å². The van der Waals surface area contributed by atoms with Crippen molar-refractivity contribution in [1.82, 2.24) is 19.6 Å². The zero-order valence-corrected chi connectivity index (χ0v) is 12.2. The number of aryl methyl sites for hydroxylation is 4. The highest BCUT2D eigenvalue weighted by molar-refractivity contribution is 6.21. The highest BCUT2D eigenvalue weighted by Gasteiger charge is 2.15. The third-order valence-electron chi connectivity index (χ3n) is 3.22. The zero-order valence-electron chi connectivity index (χ0n) is 12.2. The topological polar surface area (TPSA) is 54.1 Å². The van der Waals surface area contributed by atoms with Gasteiger partial charge in [-0.3, -0.25) is 9.36 Å². The van der Waals surface area contributed by atoms with Crippen LogP contribution >= 0.6 is 0 Å². The van der Waals surface area contributed by atoms with Gasteiger partial charge in [-0.1, -0.05) is 0 Å². The fourth-order valence-electron chi connectivity index (χ4n) is 1.97. The monoisotopic (exact) mass is 261 g/mol. The lowest BCUT2D eigenvalue weighted by Gasteiger charge is -2.07. The lowest BCUT2D eigenvalue weighted by Crippen LogP contribution is -2.13. The fourth-order valence-corrected chi connectivity index (χ4v) is 1.97. The summed E-state index contributed by atoms with van der Waals surface area (Å²) in [5.74, 6) is 1.45. The minimum Gasteiger partial charge on any atom is -0.524 e. The molecule has 0 N–H and O–H groups in total. The molecule has 2 aromatic rings. The van der Waals surface area contributed by atoms with E-state index in [-0.39, 0.29) is 0 Å². The van der Waals surface area contributed by atoms with Crippen molar-refractivity contribution in [3.8, 4) is 11.5 Å². The maximum Gasteiger partial charge on any atom is 0.658 e. The van der Waals surface area contributed by atoms with Gasteiger partial charge in [0.15, 0.2) is 0 Å². The fraction of sp³-hybridized carbons (Fsp3) is 0.500. The molecule has 0 saturated carbocycles. The standard InChI is InChI=1S/C12H18BN4O2/c1-7-11(9(3)16(5)14-7)18-13-19-12-8(2)15-17(6)10(12)4/h1-6H3. The third kappa shape index (κ3) is 2.45. The van der Waals surface area contributed by atoms with Gasteiger partial charge in [-0.15, -0.1) is 0 Å². The molecular formula is C12H18BN4O2. The van der Waals surface area contributed by atoms with Crippen LogP contribution in [0.15, 0.2) is 0 Å². The molecular weight excluding hydrogens is 243 g/mol. The molecule has 0 fully saturated rings. The highest BCUT2D eigenvalue weighted by Crippen LogP contribution is 2.23. The molecule has 0 aliphatic rings. The molecule has 2 aromatic heterocycles.